The maximum atomic E-state index is 12.5. The van der Waals surface area contributed by atoms with Crippen LogP contribution < -0.4 is 4.74 Å². The molecule has 1 aliphatic carbocycles. The molecule has 1 aromatic heterocycles. The van der Waals surface area contributed by atoms with E-state index in [0.29, 0.717) is 5.91 Å². The van der Waals surface area contributed by atoms with Crippen LogP contribution in [-0.2, 0) is 21.7 Å². The van der Waals surface area contributed by atoms with Crippen molar-refractivity contribution in [2.75, 3.05) is 33.7 Å². The summed E-state index contributed by atoms with van der Waals surface area (Å²) in [6.45, 7) is 3.31. The molecule has 5 rings (SSSR count). The number of carboxylic acids is 1. The van der Waals surface area contributed by atoms with Crippen LogP contribution >= 0.6 is 0 Å². The van der Waals surface area contributed by atoms with Gasteiger partial charge < -0.3 is 19.6 Å². The first kappa shape index (κ1) is 25.0. The summed E-state index contributed by atoms with van der Waals surface area (Å²) in [5.41, 5.74) is 3.12. The first-order chi connectivity index (χ1) is 16.5. The molecule has 8 nitrogen and oxygen atoms in total. The average molecular weight is 495 g/mol. The molecule has 0 radical (unpaired) electrons. The van der Waals surface area contributed by atoms with Crippen LogP contribution in [0.25, 0.3) is 11.3 Å². The van der Waals surface area contributed by atoms with Crippen LogP contribution in [0, 0.1) is 5.92 Å². The van der Waals surface area contributed by atoms with E-state index in [1.807, 2.05) is 17.2 Å². The number of para-hydroxylation sites is 1. The second kappa shape index (κ2) is 9.52. The van der Waals surface area contributed by atoms with Gasteiger partial charge in [-0.2, -0.15) is 18.3 Å². The lowest BCUT2D eigenvalue weighted by molar-refractivity contribution is -0.192. The van der Waals surface area contributed by atoms with Gasteiger partial charge in [-0.15, -0.1) is 0 Å². The van der Waals surface area contributed by atoms with E-state index in [1.54, 1.807) is 0 Å². The highest BCUT2D eigenvalue weighted by Crippen LogP contribution is 2.49. The van der Waals surface area contributed by atoms with Crippen LogP contribution in [0.5, 0.6) is 5.75 Å². The highest BCUT2D eigenvalue weighted by Gasteiger charge is 2.47. The summed E-state index contributed by atoms with van der Waals surface area (Å²) in [5.74, 6) is -1.20. The van der Waals surface area contributed by atoms with Crippen molar-refractivity contribution in [3.05, 3.63) is 36.0 Å². The molecule has 3 aliphatic rings. The normalized spacial score (nSPS) is 18.3. The van der Waals surface area contributed by atoms with Gasteiger partial charge in [0.15, 0.2) is 0 Å². The van der Waals surface area contributed by atoms with Gasteiger partial charge in [0.1, 0.15) is 11.4 Å². The SMILES string of the molecule is CN(C)CCn1ncc2c1-c1ccccc1OC21CCN(C(=O)C2CC2)CC1.O=C(O)C(F)(F)F. The van der Waals surface area contributed by atoms with Crippen molar-refractivity contribution in [2.24, 2.45) is 5.92 Å². The molecule has 1 aromatic carbocycles. The van der Waals surface area contributed by atoms with Crippen molar-refractivity contribution in [2.45, 2.75) is 44.0 Å². The molecule has 11 heteroatoms. The molecule has 1 amide bonds. The summed E-state index contributed by atoms with van der Waals surface area (Å²) in [6.07, 6.45) is 0.692. The third-order valence-electron chi connectivity index (χ3n) is 6.59. The van der Waals surface area contributed by atoms with Gasteiger partial charge in [-0.1, -0.05) is 12.1 Å². The van der Waals surface area contributed by atoms with Crippen molar-refractivity contribution in [3.63, 3.8) is 0 Å². The van der Waals surface area contributed by atoms with Crippen LogP contribution in [0.3, 0.4) is 0 Å². The van der Waals surface area contributed by atoms with E-state index in [9.17, 15) is 18.0 Å². The van der Waals surface area contributed by atoms with E-state index in [1.165, 1.54) is 11.3 Å². The first-order valence-corrected chi connectivity index (χ1v) is 11.6. The Kier molecular flexibility index (Phi) is 6.81. The Hall–Kier alpha value is -3.08. The maximum absolute atomic E-state index is 12.5. The number of likely N-dealkylation sites (tertiary alicyclic amines) is 1. The molecule has 2 fully saturated rings. The minimum Gasteiger partial charge on any atom is -0.482 e. The van der Waals surface area contributed by atoms with Crippen LogP contribution in [0.1, 0.15) is 31.2 Å². The third-order valence-corrected chi connectivity index (χ3v) is 6.59. The number of halogens is 3. The quantitative estimate of drug-likeness (QED) is 0.702. The number of hydrogen-bond acceptors (Lipinski definition) is 5. The molecule has 3 heterocycles. The predicted molar refractivity (Wildman–Crippen MR) is 121 cm³/mol. The number of alkyl halides is 3. The molecule has 1 N–H and O–H groups in total. The number of likely N-dealkylation sites (N-methyl/N-ethyl adjacent to an activating group) is 1. The second-order valence-corrected chi connectivity index (χ2v) is 9.43. The Morgan fingerprint density at radius 2 is 1.83 bits per heavy atom. The summed E-state index contributed by atoms with van der Waals surface area (Å²) >= 11 is 0. The fraction of sp³-hybridized carbons (Fsp3) is 0.542. The van der Waals surface area contributed by atoms with E-state index in [0.717, 1.165) is 63.2 Å². The van der Waals surface area contributed by atoms with E-state index in [4.69, 9.17) is 19.7 Å². The number of carbonyl (C=O) groups is 2. The van der Waals surface area contributed by atoms with Crippen molar-refractivity contribution in [3.8, 4) is 17.0 Å². The van der Waals surface area contributed by atoms with Gasteiger partial charge >= 0.3 is 12.1 Å². The molecular weight excluding hydrogens is 465 g/mol. The second-order valence-electron chi connectivity index (χ2n) is 9.43. The number of carboxylic acid groups (broad SMARTS) is 1. The van der Waals surface area contributed by atoms with E-state index in [2.05, 4.69) is 41.9 Å². The van der Waals surface area contributed by atoms with Crippen molar-refractivity contribution < 1.29 is 32.6 Å². The van der Waals surface area contributed by atoms with Gasteiger partial charge in [-0.3, -0.25) is 9.48 Å². The summed E-state index contributed by atoms with van der Waals surface area (Å²) in [7, 11) is 4.17. The number of aliphatic carboxylic acids is 1. The Balaban J connectivity index is 0.000000364. The lowest BCUT2D eigenvalue weighted by atomic mass is 9.81. The van der Waals surface area contributed by atoms with Gasteiger partial charge in [-0.25, -0.2) is 4.79 Å². The predicted octanol–water partition coefficient (Wildman–Crippen LogP) is 3.37. The molecule has 0 bridgehead atoms. The van der Waals surface area contributed by atoms with Gasteiger partial charge in [0.05, 0.1) is 18.4 Å². The van der Waals surface area contributed by atoms with Crippen LogP contribution in [0.15, 0.2) is 30.5 Å². The number of carbonyl (C=O) groups excluding carboxylic acids is 1. The van der Waals surface area contributed by atoms with E-state index < -0.39 is 12.1 Å². The maximum Gasteiger partial charge on any atom is 0.490 e. The zero-order valence-electron chi connectivity index (χ0n) is 19.7. The largest absolute Gasteiger partial charge is 0.490 e. The van der Waals surface area contributed by atoms with E-state index in [-0.39, 0.29) is 11.5 Å². The zero-order valence-corrected chi connectivity index (χ0v) is 19.7. The molecule has 0 unspecified atom stereocenters. The minimum atomic E-state index is -5.08. The number of ether oxygens (including phenoxy) is 1. The number of aromatic nitrogens is 2. The highest BCUT2D eigenvalue weighted by atomic mass is 19.4. The Bertz CT molecular complexity index is 1090. The van der Waals surface area contributed by atoms with Gasteiger partial charge in [0.25, 0.3) is 0 Å². The standard InChI is InChI=1S/C22H28N4O2.C2HF3O2/c1-24(2)13-14-26-20-17-5-3-4-6-19(17)28-22(18(20)15-23-26)9-11-25(12-10-22)21(27)16-7-8-16;3-2(4,5)1(6)7/h3-6,15-16H,7-14H2,1-2H3;(H,6,7). The lowest BCUT2D eigenvalue weighted by Gasteiger charge is -2.44. The molecule has 2 aromatic rings. The fourth-order valence-electron chi connectivity index (χ4n) is 4.53. The lowest BCUT2D eigenvalue weighted by Crippen LogP contribution is -2.49. The monoisotopic (exact) mass is 494 g/mol. The van der Waals surface area contributed by atoms with Crippen LogP contribution in [0.2, 0.25) is 0 Å². The molecule has 1 saturated heterocycles. The number of rotatable bonds is 4. The zero-order chi connectivity index (χ0) is 25.4. The Labute approximate surface area is 201 Å². The van der Waals surface area contributed by atoms with E-state index >= 15 is 0 Å². The Morgan fingerprint density at radius 3 is 2.40 bits per heavy atom. The van der Waals surface area contributed by atoms with Gasteiger partial charge in [0.2, 0.25) is 5.91 Å². The average Bonchev–Trinajstić information content (AvgIpc) is 3.56. The van der Waals surface area contributed by atoms with Crippen LogP contribution in [-0.4, -0.2) is 76.5 Å². The van der Waals surface area contributed by atoms with Crippen LogP contribution in [0.4, 0.5) is 13.2 Å². The summed E-state index contributed by atoms with van der Waals surface area (Å²) in [6, 6.07) is 8.28. The smallest absolute Gasteiger partial charge is 0.482 e. The molecular formula is C24H29F3N4O4. The number of benzene rings is 1. The highest BCUT2D eigenvalue weighted by molar-refractivity contribution is 5.81. The molecule has 0 atom stereocenters. The molecule has 1 spiro atoms. The van der Waals surface area contributed by atoms with Crippen molar-refractivity contribution in [1.82, 2.24) is 19.6 Å². The molecule has 190 valence electrons. The Morgan fingerprint density at radius 1 is 1.20 bits per heavy atom. The summed E-state index contributed by atoms with van der Waals surface area (Å²) in [4.78, 5) is 25.6. The number of amides is 1. The first-order valence-electron chi connectivity index (χ1n) is 11.6. The third kappa shape index (κ3) is 5.29. The summed E-state index contributed by atoms with van der Waals surface area (Å²) < 4.78 is 40.5. The molecule has 1 saturated carbocycles. The van der Waals surface area contributed by atoms with Gasteiger partial charge in [0, 0.05) is 49.5 Å². The molecule has 35 heavy (non-hydrogen) atoms. The fourth-order valence-corrected chi connectivity index (χ4v) is 4.53. The number of nitrogens with zero attached hydrogens (tertiary/aromatic N) is 4. The van der Waals surface area contributed by atoms with Gasteiger partial charge in [-0.05, 0) is 39.1 Å². The number of piperidine rings is 1. The number of fused-ring (bicyclic) bond motifs is 4. The topological polar surface area (TPSA) is 87.9 Å². The van der Waals surface area contributed by atoms with Crippen molar-refractivity contribution in [1.29, 1.82) is 0 Å². The van der Waals surface area contributed by atoms with Crippen molar-refractivity contribution >= 4 is 11.9 Å². The summed E-state index contributed by atoms with van der Waals surface area (Å²) in [5, 5.41) is 11.9. The number of hydrogen-bond donors (Lipinski definition) is 1. The minimum absolute atomic E-state index is 0.284. The molecule has 2 aliphatic heterocycles.